The second-order valence-corrected chi connectivity index (χ2v) is 8.90. The Labute approximate surface area is 189 Å². The second-order valence-electron chi connectivity index (χ2n) is 8.90. The van der Waals surface area contributed by atoms with Crippen LogP contribution in [0.4, 0.5) is 10.5 Å². The first kappa shape index (κ1) is 21.9. The number of nitrogens with one attached hydrogen (secondary N) is 2. The van der Waals surface area contributed by atoms with Gasteiger partial charge >= 0.3 is 12.0 Å². The van der Waals surface area contributed by atoms with Gasteiger partial charge in [-0.05, 0) is 55.9 Å². The molecule has 6 heteroatoms. The van der Waals surface area contributed by atoms with Gasteiger partial charge in [0.05, 0.1) is 23.4 Å². The number of benzene rings is 2. The first-order valence-corrected chi connectivity index (χ1v) is 11.4. The van der Waals surface area contributed by atoms with Crippen LogP contribution in [0, 0.1) is 5.92 Å². The Balaban J connectivity index is 1.70. The summed E-state index contributed by atoms with van der Waals surface area (Å²) in [4.78, 5) is 28.1. The van der Waals surface area contributed by atoms with E-state index >= 15 is 0 Å². The highest BCUT2D eigenvalue weighted by atomic mass is 16.5. The molecule has 0 aliphatic carbocycles. The minimum atomic E-state index is -0.597. The number of rotatable bonds is 5. The molecule has 168 valence electrons. The summed E-state index contributed by atoms with van der Waals surface area (Å²) < 4.78 is 5.56. The molecule has 1 fully saturated rings. The fourth-order valence-electron chi connectivity index (χ4n) is 4.29. The number of anilines is 1. The lowest BCUT2D eigenvalue weighted by Crippen LogP contribution is -2.45. The predicted octanol–water partition coefficient (Wildman–Crippen LogP) is 4.64. The lowest BCUT2D eigenvalue weighted by Gasteiger charge is -2.33. The lowest BCUT2D eigenvalue weighted by molar-refractivity contribution is -0.143. The van der Waals surface area contributed by atoms with E-state index in [0.717, 1.165) is 30.1 Å². The minimum absolute atomic E-state index is 0.269. The van der Waals surface area contributed by atoms with Crippen LogP contribution < -0.4 is 15.5 Å². The topological polar surface area (TPSA) is 70.7 Å². The normalized spacial score (nSPS) is 19.6. The number of esters is 1. The SMILES string of the molecule is CC1CCN(c2ccc(C3NC(=O)NC(c4ccccc4)=C3C(=O)OC(C)C)cc2)CC1. The highest BCUT2D eigenvalue weighted by Crippen LogP contribution is 2.33. The van der Waals surface area contributed by atoms with Crippen molar-refractivity contribution in [3.8, 4) is 0 Å². The first-order chi connectivity index (χ1) is 15.4. The Bertz CT molecular complexity index is 991. The number of piperidine rings is 1. The van der Waals surface area contributed by atoms with E-state index in [0.29, 0.717) is 11.3 Å². The van der Waals surface area contributed by atoms with Crippen LogP contribution in [0.2, 0.25) is 0 Å². The van der Waals surface area contributed by atoms with Gasteiger partial charge < -0.3 is 20.3 Å². The molecule has 1 saturated heterocycles. The molecule has 0 bridgehead atoms. The molecule has 1 atom stereocenters. The van der Waals surface area contributed by atoms with Crippen molar-refractivity contribution in [3.63, 3.8) is 0 Å². The van der Waals surface area contributed by atoms with Gasteiger partial charge in [-0.25, -0.2) is 9.59 Å². The van der Waals surface area contributed by atoms with Crippen molar-refractivity contribution in [3.05, 3.63) is 71.3 Å². The standard InChI is InChI=1S/C26H31N3O3/c1-17(2)32-25(30)22-23(19-7-5-4-6-8-19)27-26(31)28-24(22)20-9-11-21(12-10-20)29-15-13-18(3)14-16-29/h4-12,17-18,24H,13-16H2,1-3H3,(H2,27,28,31). The summed E-state index contributed by atoms with van der Waals surface area (Å²) in [5.74, 6) is 0.331. The predicted molar refractivity (Wildman–Crippen MR) is 126 cm³/mol. The van der Waals surface area contributed by atoms with Gasteiger partial charge in [-0.15, -0.1) is 0 Å². The zero-order valence-electron chi connectivity index (χ0n) is 18.9. The van der Waals surface area contributed by atoms with Crippen LogP contribution in [0.3, 0.4) is 0 Å². The third-order valence-corrected chi connectivity index (χ3v) is 6.07. The number of hydrogen-bond donors (Lipinski definition) is 2. The van der Waals surface area contributed by atoms with Crippen molar-refractivity contribution in [1.82, 2.24) is 10.6 Å². The number of amides is 2. The van der Waals surface area contributed by atoms with Gasteiger partial charge in [-0.3, -0.25) is 0 Å². The van der Waals surface area contributed by atoms with Gasteiger partial charge in [0.1, 0.15) is 0 Å². The van der Waals surface area contributed by atoms with Crippen molar-refractivity contribution in [2.75, 3.05) is 18.0 Å². The zero-order chi connectivity index (χ0) is 22.7. The molecule has 2 heterocycles. The minimum Gasteiger partial charge on any atom is -0.459 e. The summed E-state index contributed by atoms with van der Waals surface area (Å²) in [5.41, 5.74) is 3.67. The zero-order valence-corrected chi connectivity index (χ0v) is 18.9. The van der Waals surface area contributed by atoms with Crippen molar-refractivity contribution in [2.24, 2.45) is 5.92 Å². The molecule has 4 rings (SSSR count). The van der Waals surface area contributed by atoms with E-state index < -0.39 is 12.0 Å². The number of carbonyl (C=O) groups is 2. The lowest BCUT2D eigenvalue weighted by atomic mass is 9.92. The molecular formula is C26H31N3O3. The van der Waals surface area contributed by atoms with E-state index in [1.165, 1.54) is 18.5 Å². The van der Waals surface area contributed by atoms with Crippen LogP contribution >= 0.6 is 0 Å². The van der Waals surface area contributed by atoms with Gasteiger partial charge in [-0.2, -0.15) is 0 Å². The van der Waals surface area contributed by atoms with Crippen LogP contribution in [-0.2, 0) is 9.53 Å². The highest BCUT2D eigenvalue weighted by molar-refractivity contribution is 6.04. The summed E-state index contributed by atoms with van der Waals surface area (Å²) in [6.45, 7) is 8.04. The van der Waals surface area contributed by atoms with Gasteiger partial charge in [-0.1, -0.05) is 49.4 Å². The number of ether oxygens (including phenoxy) is 1. The van der Waals surface area contributed by atoms with E-state index in [2.05, 4.69) is 34.6 Å². The van der Waals surface area contributed by atoms with Gasteiger partial charge in [0.2, 0.25) is 0 Å². The highest BCUT2D eigenvalue weighted by Gasteiger charge is 2.34. The maximum Gasteiger partial charge on any atom is 0.338 e. The molecule has 32 heavy (non-hydrogen) atoms. The number of nitrogens with zero attached hydrogens (tertiary/aromatic N) is 1. The fraction of sp³-hybridized carbons (Fsp3) is 0.385. The molecule has 2 N–H and O–H groups in total. The van der Waals surface area contributed by atoms with Crippen molar-refractivity contribution < 1.29 is 14.3 Å². The monoisotopic (exact) mass is 433 g/mol. The molecule has 1 unspecified atom stereocenters. The third-order valence-electron chi connectivity index (χ3n) is 6.07. The molecule has 0 radical (unpaired) electrons. The van der Waals surface area contributed by atoms with E-state index in [1.54, 1.807) is 0 Å². The molecule has 0 saturated carbocycles. The Morgan fingerprint density at radius 3 is 2.31 bits per heavy atom. The molecule has 2 aromatic carbocycles. The fourth-order valence-corrected chi connectivity index (χ4v) is 4.29. The number of hydrogen-bond acceptors (Lipinski definition) is 4. The van der Waals surface area contributed by atoms with Crippen LogP contribution in [0.25, 0.3) is 5.70 Å². The molecule has 0 aromatic heterocycles. The van der Waals surface area contributed by atoms with Crippen LogP contribution in [0.5, 0.6) is 0 Å². The molecule has 0 spiro atoms. The van der Waals surface area contributed by atoms with E-state index in [-0.39, 0.29) is 12.1 Å². The number of carbonyl (C=O) groups excluding carboxylic acids is 2. The summed E-state index contributed by atoms with van der Waals surface area (Å²) in [6, 6.07) is 16.6. The quantitative estimate of drug-likeness (QED) is 0.674. The average molecular weight is 434 g/mol. The Morgan fingerprint density at radius 2 is 1.69 bits per heavy atom. The maximum absolute atomic E-state index is 13.1. The Kier molecular flexibility index (Phi) is 6.49. The largest absolute Gasteiger partial charge is 0.459 e. The van der Waals surface area contributed by atoms with Crippen molar-refractivity contribution in [2.45, 2.75) is 45.8 Å². The van der Waals surface area contributed by atoms with Crippen LogP contribution in [-0.4, -0.2) is 31.2 Å². The summed E-state index contributed by atoms with van der Waals surface area (Å²) in [7, 11) is 0. The smallest absolute Gasteiger partial charge is 0.338 e. The van der Waals surface area contributed by atoms with Gasteiger partial charge in [0, 0.05) is 18.8 Å². The summed E-state index contributed by atoms with van der Waals surface area (Å²) in [6.07, 6.45) is 2.12. The van der Waals surface area contributed by atoms with Gasteiger partial charge in [0.25, 0.3) is 0 Å². The maximum atomic E-state index is 13.1. The van der Waals surface area contributed by atoms with Crippen molar-refractivity contribution >= 4 is 23.4 Å². The molecule has 2 aliphatic heterocycles. The summed E-state index contributed by atoms with van der Waals surface area (Å²) >= 11 is 0. The second kappa shape index (κ2) is 9.47. The van der Waals surface area contributed by atoms with Crippen LogP contribution in [0.1, 0.15) is 50.8 Å². The molecule has 2 aromatic rings. The third kappa shape index (κ3) is 4.79. The molecular weight excluding hydrogens is 402 g/mol. The van der Waals surface area contributed by atoms with E-state index in [9.17, 15) is 9.59 Å². The first-order valence-electron chi connectivity index (χ1n) is 11.4. The van der Waals surface area contributed by atoms with Crippen molar-refractivity contribution in [1.29, 1.82) is 0 Å². The molecule has 2 aliphatic rings. The number of urea groups is 1. The van der Waals surface area contributed by atoms with Crippen LogP contribution in [0.15, 0.2) is 60.2 Å². The average Bonchev–Trinajstić information content (AvgIpc) is 2.79. The van der Waals surface area contributed by atoms with E-state index in [4.69, 9.17) is 4.74 Å². The Morgan fingerprint density at radius 1 is 1.03 bits per heavy atom. The molecule has 6 nitrogen and oxygen atoms in total. The Hall–Kier alpha value is -3.28. The molecule has 2 amide bonds. The summed E-state index contributed by atoms with van der Waals surface area (Å²) in [5, 5.41) is 5.74. The van der Waals surface area contributed by atoms with Gasteiger partial charge in [0.15, 0.2) is 0 Å². The van der Waals surface area contributed by atoms with E-state index in [1.807, 2.05) is 56.3 Å².